The summed E-state index contributed by atoms with van der Waals surface area (Å²) in [6, 6.07) is 6.18. The number of nitro benzene ring substituents is 1. The second-order valence-electron chi connectivity index (χ2n) is 3.22. The van der Waals surface area contributed by atoms with Crippen LogP contribution in [0.15, 0.2) is 40.6 Å². The van der Waals surface area contributed by atoms with Crippen LogP contribution in [0, 0.1) is 10.1 Å². The Morgan fingerprint density at radius 2 is 2.00 bits per heavy atom. The fourth-order valence-electron chi connectivity index (χ4n) is 1.33. The van der Waals surface area contributed by atoms with E-state index in [2.05, 4.69) is 0 Å². The zero-order valence-corrected chi connectivity index (χ0v) is 9.02. The number of benzene rings is 1. The molecule has 6 heteroatoms. The van der Waals surface area contributed by atoms with Gasteiger partial charge < -0.3 is 4.57 Å². The van der Waals surface area contributed by atoms with E-state index in [1.54, 1.807) is 28.3 Å². The smallest absolute Gasteiger partial charge is 0.302 e. The third-order valence-electron chi connectivity index (χ3n) is 2.14. The second kappa shape index (κ2) is 4.28. The zero-order valence-electron chi connectivity index (χ0n) is 8.20. The van der Waals surface area contributed by atoms with Crippen molar-refractivity contribution in [2.75, 3.05) is 0 Å². The Kier molecular flexibility index (Phi) is 2.82. The van der Waals surface area contributed by atoms with Gasteiger partial charge in [0.1, 0.15) is 0 Å². The molecule has 0 radical (unpaired) electrons. The summed E-state index contributed by atoms with van der Waals surface area (Å²) in [4.78, 5) is 21.2. The SMILES string of the molecule is O=c1sccn1Cc1ccc([N+](=O)[O-])cc1. The normalized spacial score (nSPS) is 10.2. The largest absolute Gasteiger partial charge is 0.307 e. The Bertz CT molecular complexity index is 556. The number of hydrogen-bond acceptors (Lipinski definition) is 4. The van der Waals surface area contributed by atoms with Gasteiger partial charge in [0.15, 0.2) is 0 Å². The number of nitrogens with zero attached hydrogens (tertiary/aromatic N) is 2. The van der Waals surface area contributed by atoms with Crippen molar-refractivity contribution in [3.63, 3.8) is 0 Å². The molecule has 0 bridgehead atoms. The molecular formula is C10H8N2O3S. The molecule has 0 aliphatic heterocycles. The summed E-state index contributed by atoms with van der Waals surface area (Å²) in [5, 5.41) is 12.2. The van der Waals surface area contributed by atoms with Crippen LogP contribution < -0.4 is 4.87 Å². The first-order valence-corrected chi connectivity index (χ1v) is 5.42. The maximum absolute atomic E-state index is 11.3. The van der Waals surface area contributed by atoms with Gasteiger partial charge in [0.05, 0.1) is 11.5 Å². The van der Waals surface area contributed by atoms with Gasteiger partial charge in [-0.2, -0.15) is 0 Å². The highest BCUT2D eigenvalue weighted by Gasteiger charge is 2.04. The number of non-ortho nitro benzene ring substituents is 1. The molecule has 0 atom stereocenters. The molecule has 16 heavy (non-hydrogen) atoms. The van der Waals surface area contributed by atoms with Gasteiger partial charge >= 0.3 is 4.87 Å². The molecule has 0 saturated heterocycles. The summed E-state index contributed by atoms with van der Waals surface area (Å²) < 4.78 is 1.56. The van der Waals surface area contributed by atoms with E-state index in [4.69, 9.17) is 0 Å². The van der Waals surface area contributed by atoms with Gasteiger partial charge in [-0.25, -0.2) is 0 Å². The van der Waals surface area contributed by atoms with Crippen LogP contribution in [0.5, 0.6) is 0 Å². The summed E-state index contributed by atoms with van der Waals surface area (Å²) in [6.07, 6.45) is 1.70. The monoisotopic (exact) mass is 236 g/mol. The van der Waals surface area contributed by atoms with Crippen molar-refractivity contribution in [2.45, 2.75) is 6.54 Å². The lowest BCUT2D eigenvalue weighted by molar-refractivity contribution is -0.384. The molecular weight excluding hydrogens is 228 g/mol. The number of thiazole rings is 1. The Balaban J connectivity index is 2.20. The Labute approximate surface area is 94.7 Å². The summed E-state index contributed by atoms with van der Waals surface area (Å²) >= 11 is 1.13. The van der Waals surface area contributed by atoms with Gasteiger partial charge in [0.25, 0.3) is 5.69 Å². The maximum atomic E-state index is 11.3. The first kappa shape index (κ1) is 10.6. The summed E-state index contributed by atoms with van der Waals surface area (Å²) in [7, 11) is 0. The molecule has 1 aromatic carbocycles. The highest BCUT2D eigenvalue weighted by molar-refractivity contribution is 7.07. The highest BCUT2D eigenvalue weighted by atomic mass is 32.1. The summed E-state index contributed by atoms with van der Waals surface area (Å²) in [5.74, 6) is 0. The fraction of sp³-hybridized carbons (Fsp3) is 0.100. The Morgan fingerprint density at radius 1 is 1.31 bits per heavy atom. The van der Waals surface area contributed by atoms with E-state index in [0.29, 0.717) is 6.54 Å². The van der Waals surface area contributed by atoms with Crippen molar-refractivity contribution < 1.29 is 4.92 Å². The van der Waals surface area contributed by atoms with E-state index < -0.39 is 4.92 Å². The standard InChI is InChI=1S/C10H8N2O3S/c13-10-11(5-6-16-10)7-8-1-3-9(4-2-8)12(14)15/h1-6H,7H2. The van der Waals surface area contributed by atoms with Crippen molar-refractivity contribution in [3.8, 4) is 0 Å². The molecule has 0 spiro atoms. The predicted molar refractivity (Wildman–Crippen MR) is 60.8 cm³/mol. The van der Waals surface area contributed by atoms with Crippen molar-refractivity contribution in [3.05, 3.63) is 61.2 Å². The van der Waals surface area contributed by atoms with Crippen LogP contribution in [0.2, 0.25) is 0 Å². The minimum absolute atomic E-state index is 0.0293. The van der Waals surface area contributed by atoms with Crippen LogP contribution in [0.3, 0.4) is 0 Å². The van der Waals surface area contributed by atoms with E-state index >= 15 is 0 Å². The quantitative estimate of drug-likeness (QED) is 0.603. The Hall–Kier alpha value is -1.95. The number of nitro groups is 1. The summed E-state index contributed by atoms with van der Waals surface area (Å²) in [5.41, 5.74) is 0.924. The molecule has 2 aromatic rings. The average Bonchev–Trinajstić information content (AvgIpc) is 2.65. The van der Waals surface area contributed by atoms with Gasteiger partial charge in [-0.3, -0.25) is 14.9 Å². The Morgan fingerprint density at radius 3 is 2.50 bits per heavy atom. The van der Waals surface area contributed by atoms with Crippen LogP contribution in [0.4, 0.5) is 5.69 Å². The van der Waals surface area contributed by atoms with Crippen LogP contribution in [-0.2, 0) is 6.54 Å². The van der Waals surface area contributed by atoms with Gasteiger partial charge in [0, 0.05) is 23.7 Å². The van der Waals surface area contributed by atoms with Crippen molar-refractivity contribution in [2.24, 2.45) is 0 Å². The number of rotatable bonds is 3. The molecule has 0 aliphatic rings. The minimum Gasteiger partial charge on any atom is -0.302 e. The van der Waals surface area contributed by atoms with Gasteiger partial charge in [-0.05, 0) is 5.56 Å². The molecule has 82 valence electrons. The molecule has 0 saturated carbocycles. The number of hydrogen-bond donors (Lipinski definition) is 0. The molecule has 1 heterocycles. The first-order chi connectivity index (χ1) is 7.66. The topological polar surface area (TPSA) is 65.1 Å². The molecule has 0 N–H and O–H groups in total. The van der Waals surface area contributed by atoms with Crippen LogP contribution in [0.1, 0.15) is 5.56 Å². The van der Waals surface area contributed by atoms with E-state index in [9.17, 15) is 14.9 Å². The third-order valence-corrected chi connectivity index (χ3v) is 2.84. The van der Waals surface area contributed by atoms with E-state index in [-0.39, 0.29) is 10.6 Å². The fourth-order valence-corrected chi connectivity index (χ4v) is 1.91. The second-order valence-corrected chi connectivity index (χ2v) is 4.08. The molecule has 0 amide bonds. The maximum Gasteiger partial charge on any atom is 0.307 e. The van der Waals surface area contributed by atoms with Gasteiger partial charge in [-0.15, -0.1) is 0 Å². The molecule has 5 nitrogen and oxygen atoms in total. The molecule has 2 rings (SSSR count). The van der Waals surface area contributed by atoms with Gasteiger partial charge in [-0.1, -0.05) is 23.5 Å². The van der Waals surface area contributed by atoms with E-state index in [1.165, 1.54) is 12.1 Å². The van der Waals surface area contributed by atoms with Crippen molar-refractivity contribution in [1.29, 1.82) is 0 Å². The highest BCUT2D eigenvalue weighted by Crippen LogP contribution is 2.12. The minimum atomic E-state index is -0.444. The lowest BCUT2D eigenvalue weighted by Crippen LogP contribution is -2.12. The van der Waals surface area contributed by atoms with Crippen LogP contribution >= 0.6 is 11.3 Å². The van der Waals surface area contributed by atoms with Crippen LogP contribution in [0.25, 0.3) is 0 Å². The van der Waals surface area contributed by atoms with Crippen molar-refractivity contribution >= 4 is 17.0 Å². The molecule has 0 aliphatic carbocycles. The predicted octanol–water partition coefficient (Wildman–Crippen LogP) is 1.87. The lowest BCUT2D eigenvalue weighted by atomic mass is 10.2. The van der Waals surface area contributed by atoms with Crippen LogP contribution in [-0.4, -0.2) is 9.49 Å². The molecule has 1 aromatic heterocycles. The van der Waals surface area contributed by atoms with E-state index in [1.807, 2.05) is 0 Å². The van der Waals surface area contributed by atoms with Gasteiger partial charge in [0.2, 0.25) is 0 Å². The third kappa shape index (κ3) is 2.17. The average molecular weight is 236 g/mol. The zero-order chi connectivity index (χ0) is 11.5. The van der Waals surface area contributed by atoms with E-state index in [0.717, 1.165) is 16.9 Å². The van der Waals surface area contributed by atoms with Crippen molar-refractivity contribution in [1.82, 2.24) is 4.57 Å². The first-order valence-electron chi connectivity index (χ1n) is 4.54. The number of aromatic nitrogens is 1. The summed E-state index contributed by atoms with van der Waals surface area (Å²) in [6.45, 7) is 0.445. The molecule has 0 fully saturated rings. The molecule has 0 unspecified atom stereocenters. The lowest BCUT2D eigenvalue weighted by Gasteiger charge is -2.00.